The van der Waals surface area contributed by atoms with Gasteiger partial charge in [0.15, 0.2) is 5.75 Å². The number of hydrogen-bond donors (Lipinski definition) is 2. The van der Waals surface area contributed by atoms with E-state index in [0.29, 0.717) is 27.9 Å². The third-order valence-corrected chi connectivity index (χ3v) is 5.76. The average Bonchev–Trinajstić information content (AvgIpc) is 3.21. The molecule has 5 rings (SSSR count). The molecule has 0 saturated heterocycles. The Morgan fingerprint density at radius 3 is 2.62 bits per heavy atom. The fourth-order valence-electron chi connectivity index (χ4n) is 4.01. The quantitative estimate of drug-likeness (QED) is 0.424. The van der Waals surface area contributed by atoms with E-state index in [0.717, 1.165) is 12.1 Å². The van der Waals surface area contributed by atoms with Crippen molar-refractivity contribution < 1.29 is 27.6 Å². The first kappa shape index (κ1) is 21.6. The van der Waals surface area contributed by atoms with Crippen LogP contribution in [0.1, 0.15) is 34.5 Å². The van der Waals surface area contributed by atoms with Crippen LogP contribution in [0.3, 0.4) is 0 Å². The van der Waals surface area contributed by atoms with Gasteiger partial charge in [-0.3, -0.25) is 9.59 Å². The zero-order chi connectivity index (χ0) is 24.0. The van der Waals surface area contributed by atoms with Crippen LogP contribution < -0.4 is 15.6 Å². The van der Waals surface area contributed by atoms with Crippen LogP contribution in [-0.2, 0) is 11.0 Å². The van der Waals surface area contributed by atoms with Gasteiger partial charge >= 0.3 is 6.18 Å². The van der Waals surface area contributed by atoms with Crippen molar-refractivity contribution in [3.63, 3.8) is 0 Å². The molecule has 0 spiro atoms. The van der Waals surface area contributed by atoms with Crippen molar-refractivity contribution in [1.29, 1.82) is 0 Å². The summed E-state index contributed by atoms with van der Waals surface area (Å²) in [5.74, 6) is -0.816. The minimum atomic E-state index is -4.52. The van der Waals surface area contributed by atoms with Gasteiger partial charge in [0.05, 0.1) is 17.0 Å². The van der Waals surface area contributed by atoms with Gasteiger partial charge in [-0.1, -0.05) is 24.3 Å². The highest BCUT2D eigenvalue weighted by atomic mass is 19.4. The number of hydroxylamine groups is 1. The fourth-order valence-corrected chi connectivity index (χ4v) is 4.01. The predicted molar refractivity (Wildman–Crippen MR) is 120 cm³/mol. The molecule has 0 radical (unpaired) electrons. The Kier molecular flexibility index (Phi) is 5.04. The molecule has 1 aliphatic heterocycles. The van der Waals surface area contributed by atoms with Crippen LogP contribution >= 0.6 is 0 Å². The van der Waals surface area contributed by atoms with Gasteiger partial charge < -0.3 is 14.7 Å². The van der Waals surface area contributed by atoms with E-state index in [2.05, 4.69) is 10.8 Å². The normalized spacial score (nSPS) is 15.4. The number of benzene rings is 3. The number of anilines is 1. The highest BCUT2D eigenvalue weighted by molar-refractivity contribution is 6.07. The Morgan fingerprint density at radius 2 is 1.82 bits per heavy atom. The maximum absolute atomic E-state index is 13.3. The number of fused-ring (bicyclic) bond motifs is 2. The van der Waals surface area contributed by atoms with E-state index in [9.17, 15) is 22.8 Å². The molecule has 2 amide bonds. The van der Waals surface area contributed by atoms with E-state index in [1.165, 1.54) is 16.7 Å². The minimum Gasteiger partial charge on any atom is -0.379 e. The molecule has 2 heterocycles. The molecule has 2 N–H and O–H groups in total. The lowest BCUT2D eigenvalue weighted by atomic mass is 9.98. The lowest BCUT2D eigenvalue weighted by Crippen LogP contribution is -2.35. The number of halogens is 3. The Bertz CT molecular complexity index is 1440. The van der Waals surface area contributed by atoms with E-state index in [1.807, 2.05) is 0 Å². The molecule has 1 aliphatic rings. The van der Waals surface area contributed by atoms with E-state index in [1.54, 1.807) is 55.5 Å². The monoisotopic (exact) mass is 465 g/mol. The zero-order valence-electron chi connectivity index (χ0n) is 17.8. The fraction of sp³-hybridized carbons (Fsp3) is 0.120. The average molecular weight is 465 g/mol. The van der Waals surface area contributed by atoms with Crippen molar-refractivity contribution in [3.05, 3.63) is 89.6 Å². The summed E-state index contributed by atoms with van der Waals surface area (Å²) in [5.41, 5.74) is 3.52. The summed E-state index contributed by atoms with van der Waals surface area (Å²) in [6.07, 6.45) is -4.52. The number of aromatic nitrogens is 1. The van der Waals surface area contributed by atoms with Gasteiger partial charge in [0.2, 0.25) is 0 Å². The van der Waals surface area contributed by atoms with E-state index >= 15 is 0 Å². The smallest absolute Gasteiger partial charge is 0.379 e. The van der Waals surface area contributed by atoms with Crippen LogP contribution in [0.5, 0.6) is 5.75 Å². The number of rotatable bonds is 3. The van der Waals surface area contributed by atoms with E-state index < -0.39 is 23.6 Å². The van der Waals surface area contributed by atoms with Gasteiger partial charge in [0.25, 0.3) is 11.8 Å². The van der Waals surface area contributed by atoms with Crippen molar-refractivity contribution in [1.82, 2.24) is 10.0 Å². The standard InChI is InChI=1S/C25H18F3N3O3/c1-14-19-13-17(9-10-22(19)34-30-23(14)32)29-24(33)21-11-15-5-2-3-8-20(15)31(21)18-7-4-6-16(12-18)25(26,27)28/h2-14H,1H3,(H,29,33)(H,30,32). The molecule has 1 aromatic heterocycles. The molecular weight excluding hydrogens is 447 g/mol. The second-order valence-corrected chi connectivity index (χ2v) is 7.97. The Labute approximate surface area is 191 Å². The number of carbonyl (C=O) groups is 2. The van der Waals surface area contributed by atoms with Crippen molar-refractivity contribution in [2.75, 3.05) is 5.32 Å². The summed E-state index contributed by atoms with van der Waals surface area (Å²) in [6.45, 7) is 1.72. The van der Waals surface area contributed by atoms with Crippen LogP contribution in [0, 0.1) is 0 Å². The first-order valence-corrected chi connectivity index (χ1v) is 10.4. The molecular formula is C25H18F3N3O3. The molecule has 172 valence electrons. The summed E-state index contributed by atoms with van der Waals surface area (Å²) in [5, 5.41) is 3.49. The van der Waals surface area contributed by atoms with Crippen molar-refractivity contribution in [2.24, 2.45) is 0 Å². The second-order valence-electron chi connectivity index (χ2n) is 7.97. The maximum atomic E-state index is 13.3. The number of nitrogens with zero attached hydrogens (tertiary/aromatic N) is 1. The molecule has 0 aliphatic carbocycles. The third-order valence-electron chi connectivity index (χ3n) is 5.76. The Balaban J connectivity index is 1.56. The molecule has 9 heteroatoms. The number of hydrogen-bond acceptors (Lipinski definition) is 3. The van der Waals surface area contributed by atoms with Crippen LogP contribution in [-0.4, -0.2) is 16.4 Å². The van der Waals surface area contributed by atoms with Gasteiger partial charge in [-0.2, -0.15) is 18.7 Å². The number of alkyl halides is 3. The molecule has 3 aromatic carbocycles. The molecule has 4 aromatic rings. The highest BCUT2D eigenvalue weighted by Gasteiger charge is 2.31. The predicted octanol–water partition coefficient (Wildman–Crippen LogP) is 5.43. The lowest BCUT2D eigenvalue weighted by Gasteiger charge is -2.22. The number of nitrogens with one attached hydrogen (secondary N) is 2. The topological polar surface area (TPSA) is 72.4 Å². The van der Waals surface area contributed by atoms with Crippen LogP contribution in [0.2, 0.25) is 0 Å². The maximum Gasteiger partial charge on any atom is 0.416 e. The number of para-hydroxylation sites is 1. The largest absolute Gasteiger partial charge is 0.416 e. The molecule has 1 unspecified atom stereocenters. The van der Waals surface area contributed by atoms with Gasteiger partial charge in [-0.25, -0.2) is 0 Å². The third kappa shape index (κ3) is 3.75. The van der Waals surface area contributed by atoms with Gasteiger partial charge in [-0.05, 0) is 55.5 Å². The summed E-state index contributed by atoms with van der Waals surface area (Å²) in [6, 6.07) is 18.4. The molecule has 34 heavy (non-hydrogen) atoms. The lowest BCUT2D eigenvalue weighted by molar-refractivity contribution is -0.137. The first-order valence-electron chi connectivity index (χ1n) is 10.4. The molecule has 0 bridgehead atoms. The van der Waals surface area contributed by atoms with Crippen molar-refractivity contribution in [2.45, 2.75) is 19.0 Å². The molecule has 0 saturated carbocycles. The summed E-state index contributed by atoms with van der Waals surface area (Å²) >= 11 is 0. The highest BCUT2D eigenvalue weighted by Crippen LogP contribution is 2.34. The van der Waals surface area contributed by atoms with Crippen molar-refractivity contribution in [3.8, 4) is 11.4 Å². The first-order chi connectivity index (χ1) is 16.2. The van der Waals surface area contributed by atoms with Gasteiger partial charge in [0.1, 0.15) is 5.69 Å². The minimum absolute atomic E-state index is 0.167. The van der Waals surface area contributed by atoms with Crippen molar-refractivity contribution >= 4 is 28.4 Å². The Hall–Kier alpha value is -4.27. The summed E-state index contributed by atoms with van der Waals surface area (Å²) in [4.78, 5) is 30.4. The molecule has 6 nitrogen and oxygen atoms in total. The Morgan fingerprint density at radius 1 is 1.03 bits per heavy atom. The zero-order valence-corrected chi connectivity index (χ0v) is 17.8. The van der Waals surface area contributed by atoms with Crippen LogP contribution in [0.4, 0.5) is 18.9 Å². The van der Waals surface area contributed by atoms with E-state index in [-0.39, 0.29) is 17.3 Å². The summed E-state index contributed by atoms with van der Waals surface area (Å²) in [7, 11) is 0. The summed E-state index contributed by atoms with van der Waals surface area (Å²) < 4.78 is 41.5. The van der Waals surface area contributed by atoms with E-state index in [4.69, 9.17) is 4.84 Å². The van der Waals surface area contributed by atoms with Gasteiger partial charge in [0, 0.05) is 22.3 Å². The van der Waals surface area contributed by atoms with Crippen LogP contribution in [0.15, 0.2) is 72.8 Å². The molecule has 0 fully saturated rings. The number of amides is 2. The second kappa shape index (κ2) is 7.95. The number of carbonyl (C=O) groups excluding carboxylic acids is 2. The molecule has 1 atom stereocenters. The SMILES string of the molecule is CC1C(=O)NOc2ccc(NC(=O)c3cc4ccccc4n3-c3cccc(C(F)(F)F)c3)cc21. The van der Waals surface area contributed by atoms with Gasteiger partial charge in [-0.15, -0.1) is 0 Å². The van der Waals surface area contributed by atoms with Crippen LogP contribution in [0.25, 0.3) is 16.6 Å².